The Morgan fingerprint density at radius 3 is 2.89 bits per heavy atom. The fourth-order valence-electron chi connectivity index (χ4n) is 2.38. The van der Waals surface area contributed by atoms with Crippen molar-refractivity contribution in [3.05, 3.63) is 35.9 Å². The van der Waals surface area contributed by atoms with Crippen molar-refractivity contribution < 1.29 is 0 Å². The van der Waals surface area contributed by atoms with Crippen LogP contribution in [0.15, 0.2) is 30.3 Å². The van der Waals surface area contributed by atoms with E-state index in [1.165, 1.54) is 25.0 Å². The summed E-state index contributed by atoms with van der Waals surface area (Å²) in [7, 11) is 0. The molecule has 2 atom stereocenters. The number of hydrogen-bond acceptors (Lipinski definition) is 2. The van der Waals surface area contributed by atoms with Gasteiger partial charge in [0.25, 0.3) is 0 Å². The minimum Gasteiger partial charge on any atom is -0.303 e. The van der Waals surface area contributed by atoms with Crippen molar-refractivity contribution in [2.24, 2.45) is 0 Å². The van der Waals surface area contributed by atoms with E-state index in [4.69, 9.17) is 0 Å². The summed E-state index contributed by atoms with van der Waals surface area (Å²) in [5.41, 5.74) is 1.10. The zero-order chi connectivity index (χ0) is 12.6. The largest absolute Gasteiger partial charge is 0.303 e. The van der Waals surface area contributed by atoms with E-state index in [2.05, 4.69) is 48.0 Å². The quantitative estimate of drug-likeness (QED) is 0.833. The average molecular weight is 259 g/mol. The van der Waals surface area contributed by atoms with Gasteiger partial charge in [-0.25, -0.2) is 0 Å². The maximum absolute atomic E-state index is 3.55. The predicted molar refractivity (Wildman–Crippen MR) is 80.9 cm³/mol. The minimum atomic E-state index is 0.680. The van der Waals surface area contributed by atoms with Crippen LogP contribution in [0.25, 0.3) is 0 Å². The van der Waals surface area contributed by atoms with E-state index in [0.29, 0.717) is 6.04 Å². The van der Waals surface area contributed by atoms with E-state index in [0.717, 1.165) is 17.4 Å². The van der Waals surface area contributed by atoms with Crippen LogP contribution in [0.3, 0.4) is 0 Å². The van der Waals surface area contributed by atoms with Crippen molar-refractivity contribution in [1.82, 2.24) is 5.32 Å². The number of hydrogen-bond donors (Lipinski definition) is 1. The van der Waals surface area contributed by atoms with Gasteiger partial charge in [-0.2, -0.15) is 11.8 Å². The molecule has 0 heterocycles. The number of thioether (sulfide) groups is 1. The fourth-order valence-corrected chi connectivity index (χ4v) is 3.52. The normalized spacial score (nSPS) is 22.5. The molecule has 0 amide bonds. The second kappa shape index (κ2) is 7.51. The van der Waals surface area contributed by atoms with Crippen LogP contribution in [0.2, 0.25) is 0 Å². The van der Waals surface area contributed by atoms with Gasteiger partial charge in [0.05, 0.1) is 6.54 Å². The second-order valence-corrected chi connectivity index (χ2v) is 6.21. The monoisotopic (exact) mass is 259 g/mol. The minimum absolute atomic E-state index is 0.680. The molecule has 1 fully saturated rings. The van der Waals surface area contributed by atoms with Crippen LogP contribution in [-0.4, -0.2) is 23.6 Å². The van der Waals surface area contributed by atoms with Crippen LogP contribution in [0.5, 0.6) is 0 Å². The first-order valence-corrected chi connectivity index (χ1v) is 7.82. The molecule has 1 aliphatic carbocycles. The molecule has 2 unspecified atom stereocenters. The Bertz CT molecular complexity index is 404. The van der Waals surface area contributed by atoms with Gasteiger partial charge in [0.15, 0.2) is 0 Å². The van der Waals surface area contributed by atoms with Crippen molar-refractivity contribution >= 4 is 11.8 Å². The average Bonchev–Trinajstić information content (AvgIpc) is 2.84. The standard InChI is InChI=1S/C16H21NS/c1-2-18-16-11-10-15(13-16)17-12-6-9-14-7-4-3-5-8-14/h3-5,7-8,15-17H,2,10-13H2,1H3. The van der Waals surface area contributed by atoms with E-state index >= 15 is 0 Å². The van der Waals surface area contributed by atoms with Crippen LogP contribution in [0.4, 0.5) is 0 Å². The Hall–Kier alpha value is -0.910. The molecule has 96 valence electrons. The van der Waals surface area contributed by atoms with Crippen molar-refractivity contribution in [3.63, 3.8) is 0 Å². The summed E-state index contributed by atoms with van der Waals surface area (Å²) >= 11 is 2.10. The lowest BCUT2D eigenvalue weighted by molar-refractivity contribution is 0.562. The lowest BCUT2D eigenvalue weighted by atomic mass is 10.2. The molecule has 18 heavy (non-hydrogen) atoms. The number of rotatable bonds is 4. The summed E-state index contributed by atoms with van der Waals surface area (Å²) in [6.45, 7) is 3.06. The molecule has 1 saturated carbocycles. The molecule has 0 radical (unpaired) electrons. The van der Waals surface area contributed by atoms with E-state index < -0.39 is 0 Å². The molecule has 0 saturated heterocycles. The maximum atomic E-state index is 3.55. The Morgan fingerprint density at radius 2 is 2.11 bits per heavy atom. The van der Waals surface area contributed by atoms with Crippen molar-refractivity contribution in [2.45, 2.75) is 37.5 Å². The molecule has 1 aliphatic rings. The van der Waals surface area contributed by atoms with Crippen LogP contribution in [0.1, 0.15) is 31.7 Å². The summed E-state index contributed by atoms with van der Waals surface area (Å²) in [6.07, 6.45) is 3.98. The highest BCUT2D eigenvalue weighted by atomic mass is 32.2. The van der Waals surface area contributed by atoms with Gasteiger partial charge in [-0.1, -0.05) is 37.0 Å². The van der Waals surface area contributed by atoms with Gasteiger partial charge in [0, 0.05) is 16.9 Å². The highest BCUT2D eigenvalue weighted by Gasteiger charge is 2.23. The topological polar surface area (TPSA) is 12.0 Å². The van der Waals surface area contributed by atoms with Gasteiger partial charge < -0.3 is 5.32 Å². The predicted octanol–water partition coefficient (Wildman–Crippen LogP) is 3.30. The molecular formula is C16H21NS. The summed E-state index contributed by atoms with van der Waals surface area (Å²) in [5.74, 6) is 7.64. The summed E-state index contributed by atoms with van der Waals surface area (Å²) in [5, 5.41) is 4.42. The van der Waals surface area contributed by atoms with Gasteiger partial charge in [-0.3, -0.25) is 0 Å². The Kier molecular flexibility index (Phi) is 5.64. The van der Waals surface area contributed by atoms with E-state index in [1.807, 2.05) is 18.2 Å². The molecule has 0 aliphatic heterocycles. The molecule has 0 bridgehead atoms. The Morgan fingerprint density at radius 1 is 1.28 bits per heavy atom. The van der Waals surface area contributed by atoms with Crippen LogP contribution in [-0.2, 0) is 0 Å². The Balaban J connectivity index is 1.69. The lowest BCUT2D eigenvalue weighted by Gasteiger charge is -2.10. The third-order valence-corrected chi connectivity index (χ3v) is 4.51. The first kappa shape index (κ1) is 13.5. The van der Waals surface area contributed by atoms with Crippen molar-refractivity contribution in [3.8, 4) is 11.8 Å². The van der Waals surface area contributed by atoms with Crippen LogP contribution in [0, 0.1) is 11.8 Å². The molecular weight excluding hydrogens is 238 g/mol. The van der Waals surface area contributed by atoms with Crippen molar-refractivity contribution in [1.29, 1.82) is 0 Å². The third-order valence-electron chi connectivity index (χ3n) is 3.27. The molecule has 0 aromatic heterocycles. The molecule has 1 nitrogen and oxygen atoms in total. The smallest absolute Gasteiger partial charge is 0.0582 e. The van der Waals surface area contributed by atoms with Crippen LogP contribution < -0.4 is 5.32 Å². The van der Waals surface area contributed by atoms with Gasteiger partial charge in [-0.15, -0.1) is 0 Å². The first-order valence-electron chi connectivity index (χ1n) is 6.77. The molecule has 0 spiro atoms. The van der Waals surface area contributed by atoms with Gasteiger partial charge in [0.2, 0.25) is 0 Å². The molecule has 1 aromatic carbocycles. The number of nitrogens with one attached hydrogen (secondary N) is 1. The Labute approximate surface area is 115 Å². The van der Waals surface area contributed by atoms with Gasteiger partial charge in [0.1, 0.15) is 0 Å². The molecule has 1 N–H and O–H groups in total. The molecule has 2 rings (SSSR count). The van der Waals surface area contributed by atoms with Crippen molar-refractivity contribution in [2.75, 3.05) is 12.3 Å². The van der Waals surface area contributed by atoms with E-state index in [1.54, 1.807) is 0 Å². The summed E-state index contributed by atoms with van der Waals surface area (Å²) in [4.78, 5) is 0. The molecule has 2 heteroatoms. The lowest BCUT2D eigenvalue weighted by Crippen LogP contribution is -2.26. The maximum Gasteiger partial charge on any atom is 0.0582 e. The highest BCUT2D eigenvalue weighted by Crippen LogP contribution is 2.29. The zero-order valence-corrected chi connectivity index (χ0v) is 11.8. The fraction of sp³-hybridized carbons (Fsp3) is 0.500. The molecule has 1 aromatic rings. The van der Waals surface area contributed by atoms with E-state index in [-0.39, 0.29) is 0 Å². The number of benzene rings is 1. The second-order valence-electron chi connectivity index (χ2n) is 4.64. The first-order chi connectivity index (χ1) is 8.88. The summed E-state index contributed by atoms with van der Waals surface area (Å²) < 4.78 is 0. The van der Waals surface area contributed by atoms with E-state index in [9.17, 15) is 0 Å². The zero-order valence-electron chi connectivity index (χ0n) is 11.0. The highest BCUT2D eigenvalue weighted by molar-refractivity contribution is 7.99. The van der Waals surface area contributed by atoms with Gasteiger partial charge in [-0.05, 0) is 37.1 Å². The summed E-state index contributed by atoms with van der Waals surface area (Å²) in [6, 6.07) is 10.9. The third kappa shape index (κ3) is 4.40. The van der Waals surface area contributed by atoms with Gasteiger partial charge >= 0.3 is 0 Å². The van der Waals surface area contributed by atoms with Crippen LogP contribution >= 0.6 is 11.8 Å². The SMILES string of the molecule is CCSC1CCC(NCC#Cc2ccccc2)C1.